The number of fused-ring (bicyclic) bond motifs is 3. The van der Waals surface area contributed by atoms with E-state index in [1.165, 1.54) is 11.8 Å². The van der Waals surface area contributed by atoms with Gasteiger partial charge >= 0.3 is 12.1 Å². The van der Waals surface area contributed by atoms with E-state index < -0.39 is 29.8 Å². The summed E-state index contributed by atoms with van der Waals surface area (Å²) >= 11 is 1.36. The Kier molecular flexibility index (Phi) is 10.2. The molecular formula is C28H37NO6S. The van der Waals surface area contributed by atoms with Crippen LogP contribution in [0.5, 0.6) is 0 Å². The predicted molar refractivity (Wildman–Crippen MR) is 142 cm³/mol. The third kappa shape index (κ3) is 7.98. The Morgan fingerprint density at radius 3 is 2.19 bits per heavy atom. The minimum Gasteiger partial charge on any atom is -0.458 e. The Morgan fingerprint density at radius 1 is 1.00 bits per heavy atom. The number of carbonyl (C=O) groups excluding carboxylic acids is 2. The summed E-state index contributed by atoms with van der Waals surface area (Å²) in [6, 6.07) is 15.3. The Labute approximate surface area is 217 Å². The molecule has 0 spiro atoms. The van der Waals surface area contributed by atoms with E-state index in [0.717, 1.165) is 28.7 Å². The molecule has 1 aliphatic carbocycles. The monoisotopic (exact) mass is 515 g/mol. The van der Waals surface area contributed by atoms with Crippen LogP contribution in [-0.4, -0.2) is 64.7 Å². The number of aliphatic hydroxyl groups is 2. The fourth-order valence-electron chi connectivity index (χ4n) is 4.22. The Balaban J connectivity index is 1.59. The second kappa shape index (κ2) is 13.1. The van der Waals surface area contributed by atoms with Crippen LogP contribution >= 0.6 is 11.8 Å². The Hall–Kier alpha value is -2.55. The standard InChI is InChI=1S/C28H37NO6S/c1-28(2,3)35-26(32)25(18-36-17-19(31)10-8-9-15-30)29-27(33)34-16-24-22-13-6-4-11-20(22)21-12-5-7-14-23(21)24/h4-7,11-14,19,24-25,30-31H,8-10,15-18H2,1-3H3,(H,29,33)/t19-,25+/m1/s1. The molecule has 196 valence electrons. The van der Waals surface area contributed by atoms with Crippen LogP contribution in [0.3, 0.4) is 0 Å². The molecule has 1 aliphatic rings. The molecule has 7 nitrogen and oxygen atoms in total. The average Bonchev–Trinajstić information content (AvgIpc) is 3.15. The molecule has 0 fully saturated rings. The van der Waals surface area contributed by atoms with Crippen LogP contribution in [-0.2, 0) is 14.3 Å². The van der Waals surface area contributed by atoms with Gasteiger partial charge in [0.05, 0.1) is 6.10 Å². The molecule has 1 amide bonds. The van der Waals surface area contributed by atoms with Crippen LogP contribution in [0.15, 0.2) is 48.5 Å². The molecule has 3 rings (SSSR count). The fraction of sp³-hybridized carbons (Fsp3) is 0.500. The highest BCUT2D eigenvalue weighted by Gasteiger charge is 2.31. The van der Waals surface area contributed by atoms with Crippen molar-refractivity contribution >= 4 is 23.8 Å². The topological polar surface area (TPSA) is 105 Å². The maximum Gasteiger partial charge on any atom is 0.407 e. The van der Waals surface area contributed by atoms with Crippen molar-refractivity contribution in [3.05, 3.63) is 59.7 Å². The number of unbranched alkanes of at least 4 members (excludes halogenated alkanes) is 1. The minimum atomic E-state index is -0.908. The molecule has 0 aliphatic heterocycles. The number of rotatable bonds is 12. The zero-order valence-electron chi connectivity index (χ0n) is 21.2. The van der Waals surface area contributed by atoms with Crippen LogP contribution in [0.2, 0.25) is 0 Å². The second-order valence-corrected chi connectivity index (χ2v) is 11.0. The van der Waals surface area contributed by atoms with Crippen molar-refractivity contribution in [1.29, 1.82) is 0 Å². The zero-order valence-corrected chi connectivity index (χ0v) is 22.1. The van der Waals surface area contributed by atoms with Gasteiger partial charge in [0.25, 0.3) is 0 Å². The van der Waals surface area contributed by atoms with Gasteiger partial charge in [-0.25, -0.2) is 9.59 Å². The fourth-order valence-corrected chi connectivity index (χ4v) is 5.25. The maximum absolute atomic E-state index is 12.8. The number of benzene rings is 2. The van der Waals surface area contributed by atoms with Gasteiger partial charge in [0.15, 0.2) is 0 Å². The molecular weight excluding hydrogens is 478 g/mol. The lowest BCUT2D eigenvalue weighted by Crippen LogP contribution is -2.46. The number of esters is 1. The van der Waals surface area contributed by atoms with Crippen LogP contribution in [0, 0.1) is 0 Å². The van der Waals surface area contributed by atoms with Gasteiger partial charge in [0, 0.05) is 24.0 Å². The van der Waals surface area contributed by atoms with Crippen molar-refractivity contribution in [1.82, 2.24) is 5.32 Å². The molecule has 0 aromatic heterocycles. The van der Waals surface area contributed by atoms with E-state index >= 15 is 0 Å². The lowest BCUT2D eigenvalue weighted by molar-refractivity contribution is -0.156. The number of ether oxygens (including phenoxy) is 2. The summed E-state index contributed by atoms with van der Waals surface area (Å²) in [7, 11) is 0. The molecule has 3 N–H and O–H groups in total. The van der Waals surface area contributed by atoms with E-state index in [-0.39, 0.29) is 24.9 Å². The van der Waals surface area contributed by atoms with Crippen molar-refractivity contribution in [3.8, 4) is 11.1 Å². The number of thioether (sulfide) groups is 1. The van der Waals surface area contributed by atoms with E-state index in [1.807, 2.05) is 36.4 Å². The normalized spacial score (nSPS) is 14.5. The largest absolute Gasteiger partial charge is 0.458 e. The number of amides is 1. The van der Waals surface area contributed by atoms with Gasteiger partial charge in [-0.15, -0.1) is 0 Å². The zero-order chi connectivity index (χ0) is 26.1. The van der Waals surface area contributed by atoms with Crippen LogP contribution < -0.4 is 5.32 Å². The smallest absolute Gasteiger partial charge is 0.407 e. The summed E-state index contributed by atoms with van der Waals surface area (Å²) in [5.74, 6) is 0.0395. The Bertz CT molecular complexity index is 976. The van der Waals surface area contributed by atoms with Gasteiger partial charge in [-0.3, -0.25) is 0 Å². The number of alkyl carbamates (subject to hydrolysis) is 1. The third-order valence-corrected chi connectivity index (χ3v) is 7.06. The molecule has 0 saturated carbocycles. The molecule has 2 aromatic rings. The lowest BCUT2D eigenvalue weighted by Gasteiger charge is -2.25. The molecule has 8 heteroatoms. The van der Waals surface area contributed by atoms with Crippen molar-refractivity contribution in [2.45, 2.75) is 63.7 Å². The number of carbonyl (C=O) groups is 2. The van der Waals surface area contributed by atoms with Gasteiger partial charge < -0.3 is 25.0 Å². The van der Waals surface area contributed by atoms with E-state index in [2.05, 4.69) is 17.4 Å². The first-order chi connectivity index (χ1) is 17.2. The van der Waals surface area contributed by atoms with Gasteiger partial charge in [-0.1, -0.05) is 48.5 Å². The summed E-state index contributed by atoms with van der Waals surface area (Å²) < 4.78 is 11.1. The molecule has 0 radical (unpaired) electrons. The summed E-state index contributed by atoms with van der Waals surface area (Å²) in [6.07, 6.45) is 0.717. The van der Waals surface area contributed by atoms with Gasteiger partial charge in [-0.2, -0.15) is 11.8 Å². The summed E-state index contributed by atoms with van der Waals surface area (Å²) in [4.78, 5) is 25.5. The molecule has 2 aromatic carbocycles. The van der Waals surface area contributed by atoms with Crippen LogP contribution in [0.25, 0.3) is 11.1 Å². The molecule has 36 heavy (non-hydrogen) atoms. The van der Waals surface area contributed by atoms with Crippen molar-refractivity contribution < 1.29 is 29.3 Å². The van der Waals surface area contributed by atoms with Gasteiger partial charge in [0.1, 0.15) is 18.2 Å². The molecule has 0 saturated heterocycles. The molecule has 0 heterocycles. The first-order valence-electron chi connectivity index (χ1n) is 12.4. The van der Waals surface area contributed by atoms with Crippen molar-refractivity contribution in [2.75, 3.05) is 24.7 Å². The number of nitrogens with one attached hydrogen (secondary N) is 1. The first-order valence-corrected chi connectivity index (χ1v) is 13.6. The summed E-state index contributed by atoms with van der Waals surface area (Å²) in [6.45, 7) is 5.57. The quantitative estimate of drug-likeness (QED) is 0.283. The number of hydrogen-bond acceptors (Lipinski definition) is 7. The number of hydrogen-bond donors (Lipinski definition) is 3. The number of aliphatic hydroxyl groups excluding tert-OH is 2. The van der Waals surface area contributed by atoms with Crippen LogP contribution in [0.1, 0.15) is 57.1 Å². The third-order valence-electron chi connectivity index (χ3n) is 5.87. The predicted octanol–water partition coefficient (Wildman–Crippen LogP) is 4.49. The second-order valence-electron chi connectivity index (χ2n) is 9.97. The SMILES string of the molecule is CC(C)(C)OC(=O)[C@H](CSC[C@H](O)CCCCO)NC(=O)OCC1c2ccccc2-c2ccccc21. The highest BCUT2D eigenvalue weighted by Crippen LogP contribution is 2.44. The molecule has 2 atom stereocenters. The Morgan fingerprint density at radius 2 is 1.61 bits per heavy atom. The van der Waals surface area contributed by atoms with E-state index in [9.17, 15) is 14.7 Å². The minimum absolute atomic E-state index is 0.0773. The lowest BCUT2D eigenvalue weighted by atomic mass is 9.98. The maximum atomic E-state index is 12.8. The average molecular weight is 516 g/mol. The molecule has 0 unspecified atom stereocenters. The van der Waals surface area contributed by atoms with Gasteiger partial charge in [-0.05, 0) is 62.3 Å². The van der Waals surface area contributed by atoms with Crippen molar-refractivity contribution in [2.24, 2.45) is 0 Å². The van der Waals surface area contributed by atoms with E-state index in [1.54, 1.807) is 20.8 Å². The summed E-state index contributed by atoms with van der Waals surface area (Å²) in [5.41, 5.74) is 3.80. The molecule has 0 bridgehead atoms. The highest BCUT2D eigenvalue weighted by molar-refractivity contribution is 7.99. The van der Waals surface area contributed by atoms with E-state index in [4.69, 9.17) is 14.6 Å². The first kappa shape index (κ1) is 28.0. The van der Waals surface area contributed by atoms with Crippen molar-refractivity contribution in [3.63, 3.8) is 0 Å². The van der Waals surface area contributed by atoms with Crippen LogP contribution in [0.4, 0.5) is 4.79 Å². The summed E-state index contributed by atoms with van der Waals surface area (Å²) in [5, 5.41) is 21.7. The van der Waals surface area contributed by atoms with E-state index in [0.29, 0.717) is 18.6 Å². The van der Waals surface area contributed by atoms with Gasteiger partial charge in [0.2, 0.25) is 0 Å². The highest BCUT2D eigenvalue weighted by atomic mass is 32.2.